The zero-order valence-electron chi connectivity index (χ0n) is 9.82. The normalized spacial score (nSPS) is 16.8. The molecule has 3 nitrogen and oxygen atoms in total. The molecule has 1 aromatic carbocycles. The van der Waals surface area contributed by atoms with Crippen LogP contribution in [0.15, 0.2) is 18.2 Å². The molecular weight excluding hydrogens is 221 g/mol. The second kappa shape index (κ2) is 4.84. The molecule has 4 heteroatoms. The highest BCUT2D eigenvalue weighted by molar-refractivity contribution is 5.67. The van der Waals surface area contributed by atoms with Gasteiger partial charge in [-0.15, -0.1) is 0 Å². The van der Waals surface area contributed by atoms with Gasteiger partial charge in [-0.3, -0.25) is 9.69 Å². The summed E-state index contributed by atoms with van der Waals surface area (Å²) >= 11 is 0. The Hall–Kier alpha value is -1.42. The maximum Gasteiger partial charge on any atom is 0.303 e. The number of aryl methyl sites for hydroxylation is 1. The molecule has 17 heavy (non-hydrogen) atoms. The summed E-state index contributed by atoms with van der Waals surface area (Å²) < 4.78 is 13.5. The topological polar surface area (TPSA) is 40.5 Å². The molecule has 1 N–H and O–H groups in total. The lowest BCUT2D eigenvalue weighted by molar-refractivity contribution is -0.139. The lowest BCUT2D eigenvalue weighted by Gasteiger charge is -2.38. The molecule has 0 unspecified atom stereocenters. The third-order valence-corrected chi connectivity index (χ3v) is 3.09. The Bertz CT molecular complexity index is 427. The smallest absolute Gasteiger partial charge is 0.303 e. The minimum absolute atomic E-state index is 0.183. The Kier molecular flexibility index (Phi) is 3.43. The lowest BCUT2D eigenvalue weighted by Crippen LogP contribution is -2.46. The van der Waals surface area contributed by atoms with E-state index in [1.54, 1.807) is 6.07 Å². The lowest BCUT2D eigenvalue weighted by atomic mass is 9.95. The maximum atomic E-state index is 13.5. The minimum atomic E-state index is -0.753. The van der Waals surface area contributed by atoms with E-state index in [1.165, 1.54) is 6.07 Å². The Morgan fingerprint density at radius 3 is 2.88 bits per heavy atom. The summed E-state index contributed by atoms with van der Waals surface area (Å²) in [4.78, 5) is 12.6. The first kappa shape index (κ1) is 12.0. The molecule has 0 bridgehead atoms. The van der Waals surface area contributed by atoms with Crippen molar-refractivity contribution in [2.24, 2.45) is 5.92 Å². The fourth-order valence-corrected chi connectivity index (χ4v) is 2.25. The number of carboxylic acid groups (broad SMARTS) is 1. The van der Waals surface area contributed by atoms with Crippen molar-refractivity contribution in [3.8, 4) is 0 Å². The molecule has 1 fully saturated rings. The van der Waals surface area contributed by atoms with Crippen LogP contribution in [0.4, 0.5) is 4.39 Å². The van der Waals surface area contributed by atoms with Gasteiger partial charge in [-0.25, -0.2) is 4.39 Å². The highest BCUT2D eigenvalue weighted by Crippen LogP contribution is 2.22. The number of aliphatic carboxylic acids is 1. The van der Waals surface area contributed by atoms with Crippen molar-refractivity contribution in [1.82, 2.24) is 4.90 Å². The number of halogens is 1. The highest BCUT2D eigenvalue weighted by Gasteiger charge is 2.28. The van der Waals surface area contributed by atoms with E-state index in [0.29, 0.717) is 12.1 Å². The van der Waals surface area contributed by atoms with Crippen LogP contribution in [0.2, 0.25) is 0 Å². The van der Waals surface area contributed by atoms with Gasteiger partial charge in [-0.2, -0.15) is 0 Å². The van der Waals surface area contributed by atoms with Crippen LogP contribution in [-0.4, -0.2) is 29.1 Å². The standard InChI is InChI=1S/C13H16FNO2/c1-9-2-3-12(14)11(4-9)8-15-6-10(7-15)5-13(16)17/h2-4,10H,5-8H2,1H3,(H,16,17). The number of hydrogen-bond donors (Lipinski definition) is 1. The van der Waals surface area contributed by atoms with Crippen LogP contribution >= 0.6 is 0 Å². The van der Waals surface area contributed by atoms with Crippen molar-refractivity contribution < 1.29 is 14.3 Å². The van der Waals surface area contributed by atoms with Crippen molar-refractivity contribution >= 4 is 5.97 Å². The summed E-state index contributed by atoms with van der Waals surface area (Å²) in [7, 11) is 0. The van der Waals surface area contributed by atoms with Crippen LogP contribution < -0.4 is 0 Å². The van der Waals surface area contributed by atoms with Gasteiger partial charge >= 0.3 is 5.97 Å². The monoisotopic (exact) mass is 237 g/mol. The quantitative estimate of drug-likeness (QED) is 0.871. The molecule has 0 atom stereocenters. The van der Waals surface area contributed by atoms with E-state index >= 15 is 0 Å². The second-order valence-electron chi connectivity index (χ2n) is 4.75. The molecule has 1 aliphatic heterocycles. The SMILES string of the molecule is Cc1ccc(F)c(CN2CC(CC(=O)O)C2)c1. The molecule has 1 heterocycles. The maximum absolute atomic E-state index is 13.5. The van der Waals surface area contributed by atoms with Crippen molar-refractivity contribution in [2.45, 2.75) is 19.9 Å². The summed E-state index contributed by atoms with van der Waals surface area (Å²) in [6.07, 6.45) is 0.215. The molecule has 0 amide bonds. The predicted octanol–water partition coefficient (Wildman–Crippen LogP) is 2.04. The van der Waals surface area contributed by atoms with Gasteiger partial charge in [0.1, 0.15) is 5.82 Å². The number of carbonyl (C=O) groups is 1. The summed E-state index contributed by atoms with van der Waals surface area (Å²) in [5.41, 5.74) is 1.74. The molecule has 0 aromatic heterocycles. The van der Waals surface area contributed by atoms with E-state index in [0.717, 1.165) is 18.7 Å². The number of benzene rings is 1. The Morgan fingerprint density at radius 2 is 2.24 bits per heavy atom. The Balaban J connectivity index is 1.87. The summed E-state index contributed by atoms with van der Waals surface area (Å²) in [5.74, 6) is -0.714. The molecule has 0 spiro atoms. The van der Waals surface area contributed by atoms with E-state index in [4.69, 9.17) is 5.11 Å². The second-order valence-corrected chi connectivity index (χ2v) is 4.75. The van der Waals surface area contributed by atoms with Crippen molar-refractivity contribution in [3.63, 3.8) is 0 Å². The van der Waals surface area contributed by atoms with Gasteiger partial charge < -0.3 is 5.11 Å². The van der Waals surface area contributed by atoms with E-state index in [1.807, 2.05) is 13.0 Å². The fourth-order valence-electron chi connectivity index (χ4n) is 2.25. The zero-order chi connectivity index (χ0) is 12.4. The molecule has 0 aliphatic carbocycles. The van der Waals surface area contributed by atoms with Gasteiger partial charge in [-0.1, -0.05) is 17.7 Å². The molecular formula is C13H16FNO2. The first-order chi connectivity index (χ1) is 8.04. The molecule has 0 saturated carbocycles. The molecule has 92 valence electrons. The highest BCUT2D eigenvalue weighted by atomic mass is 19.1. The minimum Gasteiger partial charge on any atom is -0.481 e. The first-order valence-corrected chi connectivity index (χ1v) is 5.74. The molecule has 2 rings (SSSR count). The van der Waals surface area contributed by atoms with Crippen LogP contribution in [0.3, 0.4) is 0 Å². The average molecular weight is 237 g/mol. The van der Waals surface area contributed by atoms with E-state index in [-0.39, 0.29) is 18.2 Å². The third-order valence-electron chi connectivity index (χ3n) is 3.09. The molecule has 1 aliphatic rings. The van der Waals surface area contributed by atoms with Crippen LogP contribution in [0.1, 0.15) is 17.5 Å². The summed E-state index contributed by atoms with van der Waals surface area (Å²) in [6.45, 7) is 4.01. The van der Waals surface area contributed by atoms with Crippen molar-refractivity contribution in [3.05, 3.63) is 35.1 Å². The first-order valence-electron chi connectivity index (χ1n) is 5.74. The third kappa shape index (κ3) is 3.03. The predicted molar refractivity (Wildman–Crippen MR) is 62.2 cm³/mol. The van der Waals surface area contributed by atoms with Crippen molar-refractivity contribution in [1.29, 1.82) is 0 Å². The van der Waals surface area contributed by atoms with Crippen molar-refractivity contribution in [2.75, 3.05) is 13.1 Å². The van der Waals surface area contributed by atoms with Gasteiger partial charge in [0, 0.05) is 25.2 Å². The zero-order valence-corrected chi connectivity index (χ0v) is 9.82. The van der Waals surface area contributed by atoms with Crippen LogP contribution in [0.5, 0.6) is 0 Å². The Labute approximate surface area is 99.9 Å². The largest absolute Gasteiger partial charge is 0.481 e. The summed E-state index contributed by atoms with van der Waals surface area (Å²) in [5, 5.41) is 8.63. The number of likely N-dealkylation sites (tertiary alicyclic amines) is 1. The molecule has 1 saturated heterocycles. The van der Waals surface area contributed by atoms with Crippen LogP contribution in [-0.2, 0) is 11.3 Å². The summed E-state index contributed by atoms with van der Waals surface area (Å²) in [6, 6.07) is 5.08. The van der Waals surface area contributed by atoms with Crippen LogP contribution in [0, 0.1) is 18.7 Å². The van der Waals surface area contributed by atoms with E-state index in [9.17, 15) is 9.18 Å². The van der Waals surface area contributed by atoms with Gasteiger partial charge in [0.05, 0.1) is 6.42 Å². The number of carboxylic acids is 1. The van der Waals surface area contributed by atoms with Gasteiger partial charge in [-0.05, 0) is 18.9 Å². The van der Waals surface area contributed by atoms with Gasteiger partial charge in [0.25, 0.3) is 0 Å². The van der Waals surface area contributed by atoms with E-state index in [2.05, 4.69) is 4.90 Å². The molecule has 0 radical (unpaired) electrons. The number of rotatable bonds is 4. The van der Waals surface area contributed by atoms with Gasteiger partial charge in [0.2, 0.25) is 0 Å². The van der Waals surface area contributed by atoms with Crippen LogP contribution in [0.25, 0.3) is 0 Å². The Morgan fingerprint density at radius 1 is 1.53 bits per heavy atom. The fraction of sp³-hybridized carbons (Fsp3) is 0.462. The van der Waals surface area contributed by atoms with Gasteiger partial charge in [0.15, 0.2) is 0 Å². The molecule has 1 aromatic rings. The number of hydrogen-bond acceptors (Lipinski definition) is 2. The number of nitrogens with zero attached hydrogens (tertiary/aromatic N) is 1. The average Bonchev–Trinajstić information content (AvgIpc) is 2.19. The van der Waals surface area contributed by atoms with E-state index < -0.39 is 5.97 Å².